The van der Waals surface area contributed by atoms with Gasteiger partial charge in [0.15, 0.2) is 0 Å². The zero-order chi connectivity index (χ0) is 16.5. The average molecular weight is 391 g/mol. The lowest BCUT2D eigenvalue weighted by atomic mass is 10.2. The molecule has 8 heteroatoms. The molecule has 1 fully saturated rings. The molecule has 1 heterocycles. The minimum absolute atomic E-state index is 0.0721. The van der Waals surface area contributed by atoms with Crippen LogP contribution in [-0.4, -0.2) is 57.3 Å². The van der Waals surface area contributed by atoms with Crippen molar-refractivity contribution in [2.75, 3.05) is 27.7 Å². The molecule has 0 N–H and O–H groups in total. The van der Waals surface area contributed by atoms with Crippen molar-refractivity contribution in [3.63, 3.8) is 0 Å². The highest BCUT2D eigenvalue weighted by Gasteiger charge is 2.41. The highest BCUT2D eigenvalue weighted by Crippen LogP contribution is 2.33. The van der Waals surface area contributed by atoms with Crippen molar-refractivity contribution >= 4 is 31.9 Å². The van der Waals surface area contributed by atoms with E-state index >= 15 is 0 Å². The van der Waals surface area contributed by atoms with Gasteiger partial charge < -0.3 is 9.64 Å². The summed E-state index contributed by atoms with van der Waals surface area (Å²) < 4.78 is 33.0. The Kier molecular flexibility index (Phi) is 5.14. The third kappa shape index (κ3) is 3.13. The van der Waals surface area contributed by atoms with Crippen LogP contribution in [0.4, 0.5) is 0 Å². The SMILES string of the molecule is COc1ccc(Br)cc1S(=O)(=O)N1CCCC1C(=O)N(C)C. The van der Waals surface area contributed by atoms with E-state index in [2.05, 4.69) is 15.9 Å². The van der Waals surface area contributed by atoms with Crippen LogP contribution in [0.25, 0.3) is 0 Å². The van der Waals surface area contributed by atoms with Gasteiger partial charge in [-0.25, -0.2) is 8.42 Å². The van der Waals surface area contributed by atoms with E-state index in [4.69, 9.17) is 4.74 Å². The van der Waals surface area contributed by atoms with Crippen LogP contribution in [0.2, 0.25) is 0 Å². The van der Waals surface area contributed by atoms with E-state index < -0.39 is 16.1 Å². The minimum Gasteiger partial charge on any atom is -0.495 e. The van der Waals surface area contributed by atoms with Crippen LogP contribution in [0.1, 0.15) is 12.8 Å². The second-order valence-electron chi connectivity index (χ2n) is 5.30. The van der Waals surface area contributed by atoms with Gasteiger partial charge in [-0.05, 0) is 31.0 Å². The molecule has 1 atom stereocenters. The molecule has 0 aliphatic carbocycles. The maximum atomic E-state index is 13.0. The lowest BCUT2D eigenvalue weighted by Crippen LogP contribution is -2.45. The second-order valence-corrected chi connectivity index (χ2v) is 8.08. The smallest absolute Gasteiger partial charge is 0.247 e. The zero-order valence-electron chi connectivity index (χ0n) is 12.7. The maximum absolute atomic E-state index is 13.0. The van der Waals surface area contributed by atoms with Crippen molar-refractivity contribution < 1.29 is 17.9 Å². The van der Waals surface area contributed by atoms with Crippen LogP contribution in [0, 0.1) is 0 Å². The molecule has 0 spiro atoms. The van der Waals surface area contributed by atoms with Crippen LogP contribution in [0.3, 0.4) is 0 Å². The Morgan fingerprint density at radius 3 is 2.68 bits per heavy atom. The number of benzene rings is 1. The summed E-state index contributed by atoms with van der Waals surface area (Å²) in [5.74, 6) is 0.0705. The monoisotopic (exact) mass is 390 g/mol. The molecule has 1 aliphatic rings. The number of amides is 1. The van der Waals surface area contributed by atoms with Gasteiger partial charge in [0.25, 0.3) is 0 Å². The summed E-state index contributed by atoms with van der Waals surface area (Å²) in [7, 11) is 0.885. The molecule has 2 rings (SSSR count). The van der Waals surface area contributed by atoms with Crippen molar-refractivity contribution in [2.24, 2.45) is 0 Å². The first kappa shape index (κ1) is 17.2. The first-order valence-corrected chi connectivity index (χ1v) is 9.09. The number of likely N-dealkylation sites (N-methyl/N-ethyl adjacent to an activating group) is 1. The number of carbonyl (C=O) groups excluding carboxylic acids is 1. The average Bonchev–Trinajstić information content (AvgIpc) is 2.96. The topological polar surface area (TPSA) is 66.9 Å². The van der Waals surface area contributed by atoms with Crippen LogP contribution in [0.15, 0.2) is 27.6 Å². The summed E-state index contributed by atoms with van der Waals surface area (Å²) >= 11 is 3.28. The number of hydrogen-bond acceptors (Lipinski definition) is 4. The third-order valence-corrected chi connectivity index (χ3v) is 6.06. The molecule has 1 saturated heterocycles. The van der Waals surface area contributed by atoms with Gasteiger partial charge in [-0.1, -0.05) is 15.9 Å². The molecule has 1 aliphatic heterocycles. The van der Waals surface area contributed by atoms with Gasteiger partial charge in [0.2, 0.25) is 15.9 Å². The van der Waals surface area contributed by atoms with Crippen molar-refractivity contribution in [3.05, 3.63) is 22.7 Å². The molecule has 0 saturated carbocycles. The van der Waals surface area contributed by atoms with Gasteiger partial charge in [0, 0.05) is 25.1 Å². The molecule has 0 aromatic heterocycles. The van der Waals surface area contributed by atoms with E-state index in [0.29, 0.717) is 23.9 Å². The molecule has 1 amide bonds. The van der Waals surface area contributed by atoms with E-state index in [-0.39, 0.29) is 16.6 Å². The fraction of sp³-hybridized carbons (Fsp3) is 0.500. The molecule has 0 bridgehead atoms. The van der Waals surface area contributed by atoms with Crippen LogP contribution < -0.4 is 4.74 Å². The molecule has 1 aromatic rings. The number of halogens is 1. The number of nitrogens with zero attached hydrogens (tertiary/aromatic N) is 2. The predicted octanol–water partition coefficient (Wildman–Crippen LogP) is 1.70. The number of hydrogen-bond donors (Lipinski definition) is 0. The van der Waals surface area contributed by atoms with E-state index in [0.717, 1.165) is 0 Å². The number of methoxy groups -OCH3 is 1. The first-order chi connectivity index (χ1) is 10.3. The summed E-state index contributed by atoms with van der Waals surface area (Å²) in [6.07, 6.45) is 1.20. The molecule has 1 unspecified atom stereocenters. The van der Waals surface area contributed by atoms with E-state index in [9.17, 15) is 13.2 Å². The van der Waals surface area contributed by atoms with Gasteiger partial charge >= 0.3 is 0 Å². The lowest BCUT2D eigenvalue weighted by molar-refractivity contribution is -0.132. The molecular formula is C14H19BrN2O4S. The van der Waals surface area contributed by atoms with Crippen molar-refractivity contribution in [1.82, 2.24) is 9.21 Å². The molecule has 1 aromatic carbocycles. The summed E-state index contributed by atoms with van der Waals surface area (Å²) in [6, 6.07) is 4.16. The van der Waals surface area contributed by atoms with E-state index in [1.54, 1.807) is 26.2 Å². The summed E-state index contributed by atoms with van der Waals surface area (Å²) in [6.45, 7) is 0.336. The Bertz CT molecular complexity index is 675. The summed E-state index contributed by atoms with van der Waals surface area (Å²) in [5, 5.41) is 0. The fourth-order valence-corrected chi connectivity index (χ4v) is 4.90. The molecular weight excluding hydrogens is 372 g/mol. The van der Waals surface area contributed by atoms with Crippen molar-refractivity contribution in [2.45, 2.75) is 23.8 Å². The summed E-state index contributed by atoms with van der Waals surface area (Å²) in [5.41, 5.74) is 0. The minimum atomic E-state index is -3.80. The van der Waals surface area contributed by atoms with Crippen LogP contribution in [-0.2, 0) is 14.8 Å². The zero-order valence-corrected chi connectivity index (χ0v) is 15.1. The number of ether oxygens (including phenoxy) is 1. The van der Waals surface area contributed by atoms with Gasteiger partial charge in [0.05, 0.1) is 7.11 Å². The summed E-state index contributed by atoms with van der Waals surface area (Å²) in [4.78, 5) is 13.7. The van der Waals surface area contributed by atoms with Crippen molar-refractivity contribution in [3.8, 4) is 5.75 Å². The fourth-order valence-electron chi connectivity index (χ4n) is 2.55. The Labute approximate surface area is 139 Å². The Morgan fingerprint density at radius 1 is 1.41 bits per heavy atom. The van der Waals surface area contributed by atoms with Gasteiger partial charge in [-0.2, -0.15) is 4.31 Å². The largest absolute Gasteiger partial charge is 0.495 e. The quantitative estimate of drug-likeness (QED) is 0.784. The Morgan fingerprint density at radius 2 is 2.09 bits per heavy atom. The van der Waals surface area contributed by atoms with Gasteiger partial charge in [-0.3, -0.25) is 4.79 Å². The Hall–Kier alpha value is -1.12. The molecule has 6 nitrogen and oxygen atoms in total. The van der Waals surface area contributed by atoms with Gasteiger partial charge in [-0.15, -0.1) is 0 Å². The van der Waals surface area contributed by atoms with Crippen LogP contribution in [0.5, 0.6) is 5.75 Å². The number of carbonyl (C=O) groups is 1. The first-order valence-electron chi connectivity index (χ1n) is 6.85. The number of rotatable bonds is 4. The van der Waals surface area contributed by atoms with Gasteiger partial charge in [0.1, 0.15) is 16.7 Å². The predicted molar refractivity (Wildman–Crippen MR) is 86.3 cm³/mol. The van der Waals surface area contributed by atoms with Crippen molar-refractivity contribution in [1.29, 1.82) is 0 Å². The van der Waals surface area contributed by atoms with E-state index in [1.165, 1.54) is 22.4 Å². The normalized spacial score (nSPS) is 19.2. The highest BCUT2D eigenvalue weighted by atomic mass is 79.9. The standard InChI is InChI=1S/C14H19BrN2O4S/c1-16(2)14(18)11-5-4-8-17(11)22(19,20)13-9-10(15)6-7-12(13)21-3/h6-7,9,11H,4-5,8H2,1-3H3. The van der Waals surface area contributed by atoms with Crippen LogP contribution >= 0.6 is 15.9 Å². The molecule has 22 heavy (non-hydrogen) atoms. The van der Waals surface area contributed by atoms with E-state index in [1.807, 2.05) is 0 Å². The Balaban J connectivity index is 2.46. The lowest BCUT2D eigenvalue weighted by Gasteiger charge is -2.26. The number of sulfonamides is 1. The molecule has 122 valence electrons. The second kappa shape index (κ2) is 6.55. The third-order valence-electron chi connectivity index (χ3n) is 3.64. The molecule has 0 radical (unpaired) electrons. The highest BCUT2D eigenvalue weighted by molar-refractivity contribution is 9.10. The maximum Gasteiger partial charge on any atom is 0.247 e.